The topological polar surface area (TPSA) is 84.8 Å². The molecule has 0 saturated carbocycles. The summed E-state index contributed by atoms with van der Waals surface area (Å²) in [7, 11) is 1.60. The third-order valence-corrected chi connectivity index (χ3v) is 6.33. The Morgan fingerprint density at radius 2 is 1.74 bits per heavy atom. The van der Waals surface area contributed by atoms with Crippen LogP contribution >= 0.6 is 11.8 Å². The Bertz CT molecular complexity index is 1350. The van der Waals surface area contributed by atoms with Crippen molar-refractivity contribution in [1.82, 2.24) is 19.5 Å². The third-order valence-electron chi connectivity index (χ3n) is 5.28. The van der Waals surface area contributed by atoms with Crippen LogP contribution in [0.1, 0.15) is 30.0 Å². The average Bonchev–Trinajstić information content (AvgIpc) is 3.16. The number of hydrogen-bond acceptors (Lipinski definition) is 6. The van der Waals surface area contributed by atoms with E-state index < -0.39 is 17.4 Å². The van der Waals surface area contributed by atoms with Gasteiger partial charge in [-0.25, -0.2) is 14.8 Å². The molecule has 2 N–H and O–H groups in total. The first kappa shape index (κ1) is 24.6. The lowest BCUT2D eigenvalue weighted by atomic mass is 10.1. The molecular formula is C24H24F3N5O2S. The van der Waals surface area contributed by atoms with Gasteiger partial charge in [-0.2, -0.15) is 13.2 Å². The second-order valence-corrected chi connectivity index (χ2v) is 8.88. The van der Waals surface area contributed by atoms with Crippen LogP contribution in [0, 0.1) is 0 Å². The molecule has 7 nitrogen and oxygen atoms in total. The monoisotopic (exact) mass is 503 g/mol. The van der Waals surface area contributed by atoms with Crippen molar-refractivity contribution < 1.29 is 17.9 Å². The molecule has 0 aliphatic carbocycles. The number of thioether (sulfide) groups is 1. The van der Waals surface area contributed by atoms with Gasteiger partial charge in [0.15, 0.2) is 16.6 Å². The maximum Gasteiger partial charge on any atom is 0.416 e. The van der Waals surface area contributed by atoms with Crippen molar-refractivity contribution in [2.24, 2.45) is 0 Å². The minimum atomic E-state index is -4.42. The predicted octanol–water partition coefficient (Wildman–Crippen LogP) is 5.31. The van der Waals surface area contributed by atoms with Gasteiger partial charge < -0.3 is 15.0 Å². The van der Waals surface area contributed by atoms with E-state index in [2.05, 4.69) is 20.3 Å². The van der Waals surface area contributed by atoms with E-state index in [1.54, 1.807) is 7.11 Å². The van der Waals surface area contributed by atoms with E-state index in [9.17, 15) is 18.0 Å². The molecule has 0 amide bonds. The number of ether oxygens (including phenoxy) is 1. The minimum absolute atomic E-state index is 0.0732. The highest BCUT2D eigenvalue weighted by molar-refractivity contribution is 7.99. The summed E-state index contributed by atoms with van der Waals surface area (Å²) in [6.45, 7) is 2.58. The van der Waals surface area contributed by atoms with Gasteiger partial charge in [-0.1, -0.05) is 43.0 Å². The van der Waals surface area contributed by atoms with Crippen LogP contribution in [0.15, 0.2) is 58.5 Å². The molecule has 4 rings (SSSR count). The number of alkyl halides is 3. The molecule has 0 saturated heterocycles. The first-order chi connectivity index (χ1) is 16.8. The van der Waals surface area contributed by atoms with E-state index in [1.807, 2.05) is 31.2 Å². The normalized spacial score (nSPS) is 11.7. The van der Waals surface area contributed by atoms with Gasteiger partial charge in [0.25, 0.3) is 0 Å². The van der Waals surface area contributed by atoms with Crippen LogP contribution in [0.3, 0.4) is 0 Å². The summed E-state index contributed by atoms with van der Waals surface area (Å²) in [5, 5.41) is 3.78. The average molecular weight is 504 g/mol. The summed E-state index contributed by atoms with van der Waals surface area (Å²) in [6, 6.07) is 12.3. The van der Waals surface area contributed by atoms with Crippen molar-refractivity contribution in [3.8, 4) is 5.75 Å². The molecule has 0 fully saturated rings. The van der Waals surface area contributed by atoms with Crippen LogP contribution < -0.4 is 15.7 Å². The highest BCUT2D eigenvalue weighted by Gasteiger charge is 2.30. The number of H-pyrrole nitrogens is 1. The van der Waals surface area contributed by atoms with Crippen LogP contribution in [0.5, 0.6) is 5.75 Å². The van der Waals surface area contributed by atoms with E-state index >= 15 is 0 Å². The zero-order valence-electron chi connectivity index (χ0n) is 19.1. The van der Waals surface area contributed by atoms with Crippen molar-refractivity contribution in [2.75, 3.05) is 18.2 Å². The van der Waals surface area contributed by atoms with E-state index in [0.29, 0.717) is 34.2 Å². The SMILES string of the molecule is CCCSc1nc(NCc2ccc(OC)cc2)c2[nH]c(=O)n(Cc3ccc(C(F)(F)F)cc3)c2n1. The Hall–Kier alpha value is -3.47. The highest BCUT2D eigenvalue weighted by Crippen LogP contribution is 2.29. The van der Waals surface area contributed by atoms with Gasteiger partial charge in [0.2, 0.25) is 0 Å². The van der Waals surface area contributed by atoms with E-state index in [0.717, 1.165) is 35.6 Å². The smallest absolute Gasteiger partial charge is 0.416 e. The number of methoxy groups -OCH3 is 1. The van der Waals surface area contributed by atoms with Crippen molar-refractivity contribution in [3.63, 3.8) is 0 Å². The summed E-state index contributed by atoms with van der Waals surface area (Å²) in [4.78, 5) is 24.8. The number of hydrogen-bond donors (Lipinski definition) is 2. The molecule has 35 heavy (non-hydrogen) atoms. The molecule has 0 bridgehead atoms. The van der Waals surface area contributed by atoms with Gasteiger partial charge in [-0.3, -0.25) is 4.57 Å². The number of halogens is 3. The lowest BCUT2D eigenvalue weighted by Crippen LogP contribution is -2.18. The van der Waals surface area contributed by atoms with Crippen LogP contribution in [0.2, 0.25) is 0 Å². The first-order valence-corrected chi connectivity index (χ1v) is 11.9. The summed E-state index contributed by atoms with van der Waals surface area (Å²) in [6.07, 6.45) is -3.49. The van der Waals surface area contributed by atoms with Crippen LogP contribution in [-0.2, 0) is 19.3 Å². The Labute approximate surface area is 203 Å². The lowest BCUT2D eigenvalue weighted by Gasteiger charge is -2.10. The molecule has 2 aromatic carbocycles. The predicted molar refractivity (Wildman–Crippen MR) is 130 cm³/mol. The van der Waals surface area contributed by atoms with E-state index in [1.165, 1.54) is 28.5 Å². The highest BCUT2D eigenvalue weighted by atomic mass is 32.2. The number of aromatic amines is 1. The van der Waals surface area contributed by atoms with E-state index in [-0.39, 0.29) is 6.54 Å². The molecule has 0 spiro atoms. The van der Waals surface area contributed by atoms with Gasteiger partial charge in [-0.05, 0) is 41.8 Å². The van der Waals surface area contributed by atoms with Crippen LogP contribution in [-0.4, -0.2) is 32.4 Å². The fraction of sp³-hybridized carbons (Fsp3) is 0.292. The van der Waals surface area contributed by atoms with Gasteiger partial charge in [0.1, 0.15) is 11.3 Å². The second-order valence-electron chi connectivity index (χ2n) is 7.81. The van der Waals surface area contributed by atoms with Crippen molar-refractivity contribution in [3.05, 3.63) is 75.7 Å². The molecule has 0 aliphatic heterocycles. The number of nitrogens with one attached hydrogen (secondary N) is 2. The first-order valence-electron chi connectivity index (χ1n) is 10.9. The van der Waals surface area contributed by atoms with Crippen molar-refractivity contribution in [2.45, 2.75) is 37.8 Å². The van der Waals surface area contributed by atoms with Gasteiger partial charge in [-0.15, -0.1) is 0 Å². The Balaban J connectivity index is 1.66. The van der Waals surface area contributed by atoms with Crippen molar-refractivity contribution >= 4 is 28.7 Å². The second kappa shape index (κ2) is 10.4. The third kappa shape index (κ3) is 5.79. The zero-order valence-corrected chi connectivity index (χ0v) is 20.0. The van der Waals surface area contributed by atoms with Gasteiger partial charge in [0, 0.05) is 12.3 Å². The van der Waals surface area contributed by atoms with E-state index in [4.69, 9.17) is 4.74 Å². The molecule has 2 aromatic heterocycles. The number of fused-ring (bicyclic) bond motifs is 1. The number of aromatic nitrogens is 4. The standard InChI is InChI=1S/C24H24F3N5O2S/c1-3-12-35-22-30-20(28-13-15-6-10-18(34-2)11-7-15)19-21(31-22)32(23(33)29-19)14-16-4-8-17(9-5-16)24(25,26)27/h4-11H,3,12-14H2,1-2H3,(H,29,33)(H,28,30,31). The fourth-order valence-electron chi connectivity index (χ4n) is 3.45. The minimum Gasteiger partial charge on any atom is -0.497 e. The Morgan fingerprint density at radius 3 is 2.37 bits per heavy atom. The van der Waals surface area contributed by atoms with Crippen molar-refractivity contribution in [1.29, 1.82) is 0 Å². The molecule has 0 aliphatic rings. The molecule has 0 unspecified atom stereocenters. The largest absolute Gasteiger partial charge is 0.497 e. The lowest BCUT2D eigenvalue weighted by molar-refractivity contribution is -0.137. The number of anilines is 1. The maximum absolute atomic E-state index is 12.9. The summed E-state index contributed by atoms with van der Waals surface area (Å²) >= 11 is 1.47. The molecule has 184 valence electrons. The van der Waals surface area contributed by atoms with Crippen LogP contribution in [0.25, 0.3) is 11.2 Å². The number of rotatable bonds is 9. The molecule has 0 radical (unpaired) electrons. The fourth-order valence-corrected chi connectivity index (χ4v) is 4.15. The molecule has 4 aromatic rings. The molecule has 11 heteroatoms. The number of benzene rings is 2. The number of nitrogens with zero attached hydrogens (tertiary/aromatic N) is 3. The quantitative estimate of drug-likeness (QED) is 0.238. The molecular weight excluding hydrogens is 479 g/mol. The Kier molecular flexibility index (Phi) is 7.34. The zero-order chi connectivity index (χ0) is 25.0. The summed E-state index contributed by atoms with van der Waals surface area (Å²) < 4.78 is 45.3. The van der Waals surface area contributed by atoms with Gasteiger partial charge >= 0.3 is 11.9 Å². The van der Waals surface area contributed by atoms with Crippen LogP contribution in [0.4, 0.5) is 19.0 Å². The Morgan fingerprint density at radius 1 is 1.06 bits per heavy atom. The summed E-state index contributed by atoms with van der Waals surface area (Å²) in [5.41, 5.74) is 1.22. The molecule has 0 atom stereocenters. The number of imidazole rings is 1. The van der Waals surface area contributed by atoms with Gasteiger partial charge in [0.05, 0.1) is 19.2 Å². The maximum atomic E-state index is 12.9. The summed E-state index contributed by atoms with van der Waals surface area (Å²) in [5.74, 6) is 2.03. The molecule has 2 heterocycles.